The van der Waals surface area contributed by atoms with Crippen molar-refractivity contribution < 1.29 is 19.8 Å². The Hall–Kier alpha value is -2.40. The smallest absolute Gasteiger partial charge is 0.344 e. The number of aliphatic carboxylic acids is 1. The standard InChI is InChI=1S/C31H41NO4/c1-20-4-6-21(7-5-20)8-13-28(32-36-19-29(34)35)27-12-11-25-24-10-9-22-18-23(33)14-16-30(22,2)26(24)15-17-31(25,27)3/h4-9,13,23-27,33H,10-12,14-19H2,1-3H3,(H,34,35)/b13-8+,32-28+/t23-,24-,25-,26-,27+,30-,31-/m0/s1. The molecule has 7 atom stereocenters. The monoisotopic (exact) mass is 491 g/mol. The van der Waals surface area contributed by atoms with Crippen LogP contribution in [0.2, 0.25) is 0 Å². The third-order valence-corrected chi connectivity index (χ3v) is 10.3. The van der Waals surface area contributed by atoms with E-state index in [-0.39, 0.29) is 22.9 Å². The number of rotatable bonds is 6. The zero-order valence-electron chi connectivity index (χ0n) is 22.0. The maximum atomic E-state index is 11.1. The van der Waals surface area contributed by atoms with Gasteiger partial charge in [0.2, 0.25) is 6.61 Å². The van der Waals surface area contributed by atoms with Gasteiger partial charge in [-0.25, -0.2) is 4.79 Å². The first-order chi connectivity index (χ1) is 17.2. The first-order valence-corrected chi connectivity index (χ1v) is 13.7. The fourth-order valence-electron chi connectivity index (χ4n) is 8.36. The van der Waals surface area contributed by atoms with Gasteiger partial charge in [0.15, 0.2) is 0 Å². The Morgan fingerprint density at radius 1 is 1.11 bits per heavy atom. The molecule has 0 aliphatic heterocycles. The number of carboxylic acids is 1. The fourth-order valence-corrected chi connectivity index (χ4v) is 8.36. The lowest BCUT2D eigenvalue weighted by Crippen LogP contribution is -2.51. The Bertz CT molecular complexity index is 1070. The van der Waals surface area contributed by atoms with E-state index in [1.165, 1.54) is 24.0 Å². The minimum atomic E-state index is -1.01. The third kappa shape index (κ3) is 4.55. The van der Waals surface area contributed by atoms with E-state index < -0.39 is 12.6 Å². The second kappa shape index (κ2) is 9.81. The summed E-state index contributed by atoms with van der Waals surface area (Å²) in [6.07, 6.45) is 15.0. The zero-order valence-corrected chi connectivity index (χ0v) is 22.0. The van der Waals surface area contributed by atoms with E-state index in [9.17, 15) is 9.90 Å². The molecule has 0 aromatic heterocycles. The van der Waals surface area contributed by atoms with Gasteiger partial charge < -0.3 is 15.1 Å². The number of carbonyl (C=O) groups is 1. The lowest BCUT2D eigenvalue weighted by atomic mass is 9.47. The number of fused-ring (bicyclic) bond motifs is 5. The number of aliphatic hydroxyl groups excluding tert-OH is 1. The first kappa shape index (κ1) is 25.3. The summed E-state index contributed by atoms with van der Waals surface area (Å²) in [5.41, 5.74) is 5.06. The Morgan fingerprint density at radius 3 is 2.64 bits per heavy atom. The van der Waals surface area contributed by atoms with Crippen molar-refractivity contribution in [3.05, 3.63) is 53.1 Å². The molecule has 5 rings (SSSR count). The Balaban J connectivity index is 1.41. The number of carboxylic acid groups (broad SMARTS) is 1. The van der Waals surface area contributed by atoms with Crippen LogP contribution >= 0.6 is 0 Å². The number of nitrogens with zero attached hydrogens (tertiary/aromatic N) is 1. The van der Waals surface area contributed by atoms with Crippen molar-refractivity contribution in [2.24, 2.45) is 39.7 Å². The van der Waals surface area contributed by atoms with Crippen LogP contribution in [0.15, 0.2) is 47.1 Å². The van der Waals surface area contributed by atoms with Gasteiger partial charge in [-0.1, -0.05) is 66.6 Å². The van der Waals surface area contributed by atoms with Crippen LogP contribution in [0.25, 0.3) is 6.08 Å². The molecule has 0 saturated heterocycles. The summed E-state index contributed by atoms with van der Waals surface area (Å²) < 4.78 is 0. The van der Waals surface area contributed by atoms with Gasteiger partial charge in [-0.3, -0.25) is 0 Å². The average molecular weight is 492 g/mol. The summed E-state index contributed by atoms with van der Waals surface area (Å²) in [5, 5.41) is 23.8. The summed E-state index contributed by atoms with van der Waals surface area (Å²) in [6.45, 7) is 6.57. The predicted molar refractivity (Wildman–Crippen MR) is 142 cm³/mol. The highest BCUT2D eigenvalue weighted by Gasteiger charge is 2.59. The largest absolute Gasteiger partial charge is 0.479 e. The molecule has 1 aromatic carbocycles. The van der Waals surface area contributed by atoms with E-state index >= 15 is 0 Å². The topological polar surface area (TPSA) is 79.1 Å². The normalized spacial score (nSPS) is 38.2. The van der Waals surface area contributed by atoms with Gasteiger partial charge in [-0.15, -0.1) is 0 Å². The predicted octanol–water partition coefficient (Wildman–Crippen LogP) is 6.41. The van der Waals surface area contributed by atoms with Gasteiger partial charge in [-0.05, 0) is 98.5 Å². The molecule has 0 amide bonds. The van der Waals surface area contributed by atoms with Gasteiger partial charge in [0.1, 0.15) is 0 Å². The van der Waals surface area contributed by atoms with Crippen LogP contribution < -0.4 is 0 Å². The Labute approximate surface area is 215 Å². The summed E-state index contributed by atoms with van der Waals surface area (Å²) in [6, 6.07) is 8.39. The summed E-state index contributed by atoms with van der Waals surface area (Å²) in [5.74, 6) is 1.23. The van der Waals surface area contributed by atoms with Crippen molar-refractivity contribution in [3.8, 4) is 0 Å². The third-order valence-electron chi connectivity index (χ3n) is 10.3. The van der Waals surface area contributed by atoms with E-state index in [1.807, 2.05) is 0 Å². The van der Waals surface area contributed by atoms with Crippen molar-refractivity contribution in [1.29, 1.82) is 0 Å². The highest BCUT2D eigenvalue weighted by Crippen LogP contribution is 2.66. The Kier molecular flexibility index (Phi) is 6.88. The minimum absolute atomic E-state index is 0.125. The molecular weight excluding hydrogens is 450 g/mol. The summed E-state index contributed by atoms with van der Waals surface area (Å²) in [4.78, 5) is 16.4. The molecule has 3 saturated carbocycles. The number of allylic oxidation sites excluding steroid dienone is 2. The van der Waals surface area contributed by atoms with Crippen LogP contribution in [0.5, 0.6) is 0 Å². The molecule has 2 N–H and O–H groups in total. The highest BCUT2D eigenvalue weighted by atomic mass is 16.6. The molecule has 194 valence electrons. The van der Waals surface area contributed by atoms with E-state index in [0.29, 0.717) is 17.8 Å². The molecule has 0 heterocycles. The molecule has 36 heavy (non-hydrogen) atoms. The molecule has 0 unspecified atom stereocenters. The maximum absolute atomic E-state index is 11.1. The van der Waals surface area contributed by atoms with Crippen LogP contribution in [0.3, 0.4) is 0 Å². The molecule has 0 spiro atoms. The molecule has 5 heteroatoms. The van der Waals surface area contributed by atoms with Crippen molar-refractivity contribution in [3.63, 3.8) is 0 Å². The van der Waals surface area contributed by atoms with E-state index in [4.69, 9.17) is 9.94 Å². The van der Waals surface area contributed by atoms with Gasteiger partial charge >= 0.3 is 5.97 Å². The van der Waals surface area contributed by atoms with Crippen LogP contribution in [0.1, 0.15) is 76.3 Å². The first-order valence-electron chi connectivity index (χ1n) is 13.7. The zero-order chi connectivity index (χ0) is 25.5. The second-order valence-electron chi connectivity index (χ2n) is 12.3. The number of hydrogen-bond donors (Lipinski definition) is 2. The van der Waals surface area contributed by atoms with Gasteiger partial charge in [0.05, 0.1) is 11.8 Å². The van der Waals surface area contributed by atoms with Crippen molar-refractivity contribution in [1.82, 2.24) is 0 Å². The van der Waals surface area contributed by atoms with Gasteiger partial charge in [-0.2, -0.15) is 0 Å². The molecule has 4 aliphatic rings. The number of oxime groups is 1. The number of hydrogen-bond acceptors (Lipinski definition) is 4. The van der Waals surface area contributed by atoms with Gasteiger partial charge in [0.25, 0.3) is 0 Å². The lowest BCUT2D eigenvalue weighted by Gasteiger charge is -2.58. The Morgan fingerprint density at radius 2 is 1.89 bits per heavy atom. The maximum Gasteiger partial charge on any atom is 0.344 e. The summed E-state index contributed by atoms with van der Waals surface area (Å²) >= 11 is 0. The average Bonchev–Trinajstić information content (AvgIpc) is 3.19. The fraction of sp³-hybridized carbons (Fsp3) is 0.613. The highest BCUT2D eigenvalue weighted by molar-refractivity contribution is 6.00. The molecule has 5 nitrogen and oxygen atoms in total. The molecule has 0 bridgehead atoms. The number of benzene rings is 1. The van der Waals surface area contributed by atoms with Crippen LogP contribution in [-0.2, 0) is 9.63 Å². The SMILES string of the molecule is Cc1ccc(/C=C/C(=N\OCC(=O)O)[C@H]2CC[C@H]3[C@@H]4CC=C5C[C@@H](O)CC[C@]5(C)[C@H]4CC[C@]23C)cc1. The lowest BCUT2D eigenvalue weighted by molar-refractivity contribution is -0.142. The quantitative estimate of drug-likeness (QED) is 0.274. The molecular formula is C31H41NO4. The van der Waals surface area contributed by atoms with Crippen LogP contribution in [0.4, 0.5) is 0 Å². The van der Waals surface area contributed by atoms with Crippen molar-refractivity contribution in [2.75, 3.05) is 6.61 Å². The number of aryl methyl sites for hydroxylation is 1. The minimum Gasteiger partial charge on any atom is -0.479 e. The second-order valence-corrected chi connectivity index (χ2v) is 12.3. The van der Waals surface area contributed by atoms with E-state index in [2.05, 4.69) is 68.4 Å². The molecule has 0 radical (unpaired) electrons. The molecule has 4 aliphatic carbocycles. The molecule has 1 aromatic rings. The molecule has 3 fully saturated rings. The van der Waals surface area contributed by atoms with Gasteiger partial charge in [0, 0.05) is 5.92 Å². The number of aliphatic hydroxyl groups is 1. The summed E-state index contributed by atoms with van der Waals surface area (Å²) in [7, 11) is 0. The van der Waals surface area contributed by atoms with Crippen LogP contribution in [0, 0.1) is 41.4 Å². The van der Waals surface area contributed by atoms with Crippen molar-refractivity contribution in [2.45, 2.75) is 78.2 Å². The van der Waals surface area contributed by atoms with E-state index in [0.717, 1.165) is 49.8 Å². The van der Waals surface area contributed by atoms with Crippen molar-refractivity contribution >= 4 is 17.8 Å². The van der Waals surface area contributed by atoms with Crippen LogP contribution in [-0.4, -0.2) is 34.6 Å². The van der Waals surface area contributed by atoms with E-state index in [1.54, 1.807) is 0 Å².